The van der Waals surface area contributed by atoms with Crippen LogP contribution in [-0.4, -0.2) is 22.6 Å². The fourth-order valence-electron chi connectivity index (χ4n) is 2.31. The molecule has 2 rings (SSSR count). The third-order valence-electron chi connectivity index (χ3n) is 3.73. The van der Waals surface area contributed by atoms with Gasteiger partial charge in [0.25, 0.3) is 10.0 Å². The van der Waals surface area contributed by atoms with Gasteiger partial charge < -0.3 is 9.47 Å². The maximum atomic E-state index is 12.9. The zero-order valence-corrected chi connectivity index (χ0v) is 16.5. The Morgan fingerprint density at radius 3 is 2.12 bits per heavy atom. The summed E-state index contributed by atoms with van der Waals surface area (Å²) in [5, 5.41) is 0.302. The van der Waals surface area contributed by atoms with Gasteiger partial charge in [0.05, 0.1) is 19.9 Å². The first-order chi connectivity index (χ1) is 11.6. The Hall–Kier alpha value is -1.92. The van der Waals surface area contributed by atoms with Crippen molar-refractivity contribution in [1.82, 2.24) is 0 Å². The van der Waals surface area contributed by atoms with Crippen LogP contribution in [0.4, 0.5) is 5.69 Å². The molecular formula is C18H22ClNO4S. The summed E-state index contributed by atoms with van der Waals surface area (Å²) in [6.07, 6.45) is 0. The molecule has 136 valence electrons. The maximum absolute atomic E-state index is 12.9. The normalized spacial score (nSPS) is 11.9. The monoisotopic (exact) mass is 383 g/mol. The molecule has 1 N–H and O–H groups in total. The van der Waals surface area contributed by atoms with Crippen molar-refractivity contribution >= 4 is 27.3 Å². The fraction of sp³-hybridized carbons (Fsp3) is 0.333. The molecule has 0 atom stereocenters. The van der Waals surface area contributed by atoms with Crippen LogP contribution in [0.25, 0.3) is 0 Å². The molecule has 0 radical (unpaired) electrons. The molecule has 0 aliphatic rings. The van der Waals surface area contributed by atoms with Gasteiger partial charge in [-0.15, -0.1) is 0 Å². The number of hydrogen-bond acceptors (Lipinski definition) is 4. The second kappa shape index (κ2) is 7.14. The quantitative estimate of drug-likeness (QED) is 0.828. The Bertz CT molecular complexity index is 873. The van der Waals surface area contributed by atoms with Crippen LogP contribution in [-0.2, 0) is 15.4 Å². The zero-order valence-electron chi connectivity index (χ0n) is 14.9. The molecule has 0 unspecified atom stereocenters. The minimum absolute atomic E-state index is 0.0364. The largest absolute Gasteiger partial charge is 0.495 e. The van der Waals surface area contributed by atoms with Crippen LogP contribution < -0.4 is 14.2 Å². The van der Waals surface area contributed by atoms with E-state index >= 15 is 0 Å². The lowest BCUT2D eigenvalue weighted by Gasteiger charge is -2.21. The SMILES string of the molecule is COc1ccc(C(C)(C)C)cc1NS(=O)(=O)c1cc(Cl)ccc1OC. The van der Waals surface area contributed by atoms with E-state index in [1.54, 1.807) is 18.2 Å². The van der Waals surface area contributed by atoms with Crippen molar-refractivity contribution in [2.45, 2.75) is 31.1 Å². The van der Waals surface area contributed by atoms with E-state index in [0.29, 0.717) is 16.5 Å². The van der Waals surface area contributed by atoms with Crippen molar-refractivity contribution in [1.29, 1.82) is 0 Å². The molecule has 0 spiro atoms. The predicted molar refractivity (Wildman–Crippen MR) is 101 cm³/mol. The second-order valence-corrected chi connectivity index (χ2v) is 8.65. The Morgan fingerprint density at radius 1 is 0.960 bits per heavy atom. The van der Waals surface area contributed by atoms with Gasteiger partial charge in [-0.2, -0.15) is 0 Å². The molecular weight excluding hydrogens is 362 g/mol. The molecule has 0 aliphatic carbocycles. The number of nitrogens with one attached hydrogen (secondary N) is 1. The van der Waals surface area contributed by atoms with Gasteiger partial charge in [0.2, 0.25) is 0 Å². The number of rotatable bonds is 5. The first-order valence-corrected chi connectivity index (χ1v) is 9.49. The summed E-state index contributed by atoms with van der Waals surface area (Å²) in [5.41, 5.74) is 1.20. The number of methoxy groups -OCH3 is 2. The molecule has 7 heteroatoms. The van der Waals surface area contributed by atoms with Crippen LogP contribution in [0.5, 0.6) is 11.5 Å². The highest BCUT2D eigenvalue weighted by Gasteiger charge is 2.23. The van der Waals surface area contributed by atoms with Crippen molar-refractivity contribution in [3.63, 3.8) is 0 Å². The minimum Gasteiger partial charge on any atom is -0.495 e. The van der Waals surface area contributed by atoms with E-state index < -0.39 is 10.0 Å². The maximum Gasteiger partial charge on any atom is 0.265 e. The first-order valence-electron chi connectivity index (χ1n) is 7.63. The first kappa shape index (κ1) is 19.4. The van der Waals surface area contributed by atoms with Gasteiger partial charge in [0, 0.05) is 5.02 Å². The average molecular weight is 384 g/mol. The lowest BCUT2D eigenvalue weighted by Crippen LogP contribution is -2.16. The van der Waals surface area contributed by atoms with Crippen molar-refractivity contribution < 1.29 is 17.9 Å². The number of ether oxygens (including phenoxy) is 2. The van der Waals surface area contributed by atoms with Crippen molar-refractivity contribution in [3.8, 4) is 11.5 Å². The van der Waals surface area contributed by atoms with Gasteiger partial charge in [-0.1, -0.05) is 38.4 Å². The van der Waals surface area contributed by atoms with Crippen molar-refractivity contribution in [3.05, 3.63) is 47.0 Å². The van der Waals surface area contributed by atoms with E-state index in [-0.39, 0.29) is 16.1 Å². The van der Waals surface area contributed by atoms with Crippen molar-refractivity contribution in [2.24, 2.45) is 0 Å². The summed E-state index contributed by atoms with van der Waals surface area (Å²) in [4.78, 5) is -0.0364. The van der Waals surface area contributed by atoms with Gasteiger partial charge in [-0.3, -0.25) is 4.72 Å². The average Bonchev–Trinajstić information content (AvgIpc) is 2.53. The van der Waals surface area contributed by atoms with Crippen molar-refractivity contribution in [2.75, 3.05) is 18.9 Å². The van der Waals surface area contributed by atoms with Gasteiger partial charge >= 0.3 is 0 Å². The topological polar surface area (TPSA) is 64.6 Å². The summed E-state index contributed by atoms with van der Waals surface area (Å²) >= 11 is 5.95. The third kappa shape index (κ3) is 4.38. The molecule has 0 amide bonds. The van der Waals surface area contributed by atoms with Crippen LogP contribution in [0.15, 0.2) is 41.3 Å². The summed E-state index contributed by atoms with van der Waals surface area (Å²) in [5.74, 6) is 0.639. The Morgan fingerprint density at radius 2 is 1.56 bits per heavy atom. The Balaban J connectivity index is 2.53. The number of hydrogen-bond donors (Lipinski definition) is 1. The highest BCUT2D eigenvalue weighted by Crippen LogP contribution is 2.34. The number of benzene rings is 2. The van der Waals surface area contributed by atoms with Crippen LogP contribution in [0.2, 0.25) is 5.02 Å². The standard InChI is InChI=1S/C18H22ClNO4S/c1-18(2,3)12-6-8-15(23-4)14(10-12)20-25(21,22)17-11-13(19)7-9-16(17)24-5/h6-11,20H,1-5H3. The number of sulfonamides is 1. The lowest BCUT2D eigenvalue weighted by molar-refractivity contribution is 0.403. The van der Waals surface area contributed by atoms with Crippen LogP contribution in [0.3, 0.4) is 0 Å². The van der Waals surface area contributed by atoms with E-state index in [1.165, 1.54) is 26.4 Å². The molecule has 0 aliphatic heterocycles. The minimum atomic E-state index is -3.91. The lowest BCUT2D eigenvalue weighted by atomic mass is 9.87. The summed E-state index contributed by atoms with van der Waals surface area (Å²) in [6, 6.07) is 9.86. The van der Waals surface area contributed by atoms with Crippen LogP contribution >= 0.6 is 11.6 Å². The number of halogens is 1. The Labute approximate surface area is 154 Å². The highest BCUT2D eigenvalue weighted by atomic mass is 35.5. The highest BCUT2D eigenvalue weighted by molar-refractivity contribution is 7.92. The molecule has 2 aromatic carbocycles. The smallest absolute Gasteiger partial charge is 0.265 e. The summed E-state index contributed by atoms with van der Waals surface area (Å²) in [7, 11) is -1.02. The molecule has 0 saturated carbocycles. The van der Waals surface area contributed by atoms with Gasteiger partial charge in [-0.25, -0.2) is 8.42 Å². The van der Waals surface area contributed by atoms with E-state index in [9.17, 15) is 8.42 Å². The van der Waals surface area contributed by atoms with Crippen LogP contribution in [0.1, 0.15) is 26.3 Å². The molecule has 25 heavy (non-hydrogen) atoms. The van der Waals surface area contributed by atoms with Gasteiger partial charge in [-0.05, 0) is 41.3 Å². The summed E-state index contributed by atoms with van der Waals surface area (Å²) < 4.78 is 38.7. The Kier molecular flexibility index (Phi) is 5.54. The molecule has 0 bridgehead atoms. The predicted octanol–water partition coefficient (Wildman–Crippen LogP) is 4.46. The van der Waals surface area contributed by atoms with E-state index in [1.807, 2.05) is 26.8 Å². The second-order valence-electron chi connectivity index (χ2n) is 6.57. The molecule has 0 heterocycles. The van der Waals surface area contributed by atoms with E-state index in [4.69, 9.17) is 21.1 Å². The molecule has 0 saturated heterocycles. The van der Waals surface area contributed by atoms with E-state index in [2.05, 4.69) is 4.72 Å². The molecule has 0 fully saturated rings. The van der Waals surface area contributed by atoms with Gasteiger partial charge in [0.1, 0.15) is 16.4 Å². The molecule has 2 aromatic rings. The number of anilines is 1. The van der Waals surface area contributed by atoms with Crippen LogP contribution in [0, 0.1) is 0 Å². The van der Waals surface area contributed by atoms with Gasteiger partial charge in [0.15, 0.2) is 0 Å². The third-order valence-corrected chi connectivity index (χ3v) is 5.35. The fourth-order valence-corrected chi connectivity index (χ4v) is 3.81. The molecule has 0 aromatic heterocycles. The zero-order chi connectivity index (χ0) is 18.8. The molecule has 5 nitrogen and oxygen atoms in total. The summed E-state index contributed by atoms with van der Waals surface area (Å²) in [6.45, 7) is 6.15. The van der Waals surface area contributed by atoms with E-state index in [0.717, 1.165) is 5.56 Å².